The van der Waals surface area contributed by atoms with Crippen molar-refractivity contribution >= 4 is 50.8 Å². The third-order valence-corrected chi connectivity index (χ3v) is 19.5. The van der Waals surface area contributed by atoms with Crippen molar-refractivity contribution in [3.8, 4) is 11.6 Å². The van der Waals surface area contributed by atoms with E-state index < -0.39 is 81.5 Å². The van der Waals surface area contributed by atoms with Gasteiger partial charge in [0.05, 0.1) is 0 Å². The van der Waals surface area contributed by atoms with E-state index in [1.807, 2.05) is 42.5 Å². The number of piperidine rings is 1. The van der Waals surface area contributed by atoms with Crippen molar-refractivity contribution in [2.24, 2.45) is 5.92 Å². The van der Waals surface area contributed by atoms with Gasteiger partial charge in [-0.1, -0.05) is 31.7 Å². The van der Waals surface area contributed by atoms with Crippen LogP contribution in [0.5, 0.6) is 11.6 Å². The number of carboxylic acid groups (broad SMARTS) is 1. The topological polar surface area (TPSA) is 197 Å². The molecule has 4 aliphatic heterocycles. The second-order valence-corrected chi connectivity index (χ2v) is 24.6. The molecule has 1 aromatic carbocycles. The number of carbonyl (C=O) groups is 4. The van der Waals surface area contributed by atoms with Gasteiger partial charge in [0.15, 0.2) is 0 Å². The maximum absolute atomic E-state index is 14.7. The summed E-state index contributed by atoms with van der Waals surface area (Å²) < 4.78 is 39.5. The van der Waals surface area contributed by atoms with Crippen LogP contribution in [0.15, 0.2) is 42.5 Å². The van der Waals surface area contributed by atoms with E-state index in [0.29, 0.717) is 55.0 Å². The Morgan fingerprint density at radius 1 is 1.05 bits per heavy atom. The molecule has 64 heavy (non-hydrogen) atoms. The number of sulfonamides is 1. The summed E-state index contributed by atoms with van der Waals surface area (Å²) >= 11 is -1.06. The number of hydrogen-bond acceptors (Lipinski definition) is 10. The number of halogens is 1. The van der Waals surface area contributed by atoms with Gasteiger partial charge < -0.3 is 4.90 Å². The molecule has 5 fully saturated rings. The molecule has 2 saturated carbocycles. The third-order valence-electron chi connectivity index (χ3n) is 13.6. The Morgan fingerprint density at radius 2 is 1.83 bits per heavy atom. The summed E-state index contributed by atoms with van der Waals surface area (Å²) in [5.41, 5.74) is 1.34. The minimum absolute atomic E-state index is 0.0231. The van der Waals surface area contributed by atoms with E-state index in [9.17, 15) is 32.7 Å². The number of aromatic nitrogens is 1. The molecule has 0 spiro atoms. The quantitative estimate of drug-likeness (QED) is 0.0635. The van der Waals surface area contributed by atoms with Gasteiger partial charge in [-0.15, -0.1) is 0 Å². The van der Waals surface area contributed by atoms with Gasteiger partial charge in [-0.3, -0.25) is 0 Å². The third kappa shape index (κ3) is 11.2. The number of benzene rings is 1. The number of nitrogens with one attached hydrogen (secondary N) is 3. The van der Waals surface area contributed by atoms with Crippen LogP contribution in [-0.4, -0.2) is 115 Å². The van der Waals surface area contributed by atoms with Crippen molar-refractivity contribution in [1.82, 2.24) is 30.1 Å². The molecule has 15 nitrogen and oxygen atoms in total. The van der Waals surface area contributed by atoms with E-state index in [1.54, 1.807) is 6.92 Å². The van der Waals surface area contributed by atoms with Crippen molar-refractivity contribution in [1.29, 1.82) is 0 Å². The van der Waals surface area contributed by atoms with Gasteiger partial charge in [0.2, 0.25) is 0 Å². The SMILES string of the molecule is CC1(S(=O)(=O)NC(=O)[C@]23NC(=O)[C@@H]4C[C@@H](Oc5nc6ccccc6c(OCCCN6CCCCC6)c5/C=C/CCCC5CC5)CN4C(=O)[C@@H](NC(=O)O)CCCCC/C=C\[C@@H]2[I-]3)CC1. The molecule has 350 valence electrons. The molecule has 2 aromatic rings. The van der Waals surface area contributed by atoms with Gasteiger partial charge in [0, 0.05) is 6.54 Å². The van der Waals surface area contributed by atoms with Crippen LogP contribution in [0.1, 0.15) is 122 Å². The van der Waals surface area contributed by atoms with Crippen LogP contribution in [0.4, 0.5) is 4.79 Å². The van der Waals surface area contributed by atoms with Crippen molar-refractivity contribution in [3.05, 3.63) is 48.1 Å². The molecule has 5 heterocycles. The summed E-state index contributed by atoms with van der Waals surface area (Å²) in [6, 6.07) is 5.49. The first kappa shape index (κ1) is 46.6. The Labute approximate surface area is 387 Å². The van der Waals surface area contributed by atoms with Crippen LogP contribution in [0.25, 0.3) is 17.0 Å². The Kier molecular flexibility index (Phi) is 14.7. The number of ether oxygens (including phenoxy) is 2. The fraction of sp³-hybridized carbons (Fsp3) is 0.638. The molecule has 4 N–H and O–H groups in total. The van der Waals surface area contributed by atoms with E-state index in [1.165, 1.54) is 43.4 Å². The molecule has 4 amide bonds. The van der Waals surface area contributed by atoms with E-state index in [2.05, 4.69) is 26.3 Å². The van der Waals surface area contributed by atoms with Crippen LogP contribution >= 0.6 is 0 Å². The van der Waals surface area contributed by atoms with Crippen molar-refractivity contribution in [2.45, 2.75) is 146 Å². The Bertz CT molecular complexity index is 2230. The van der Waals surface area contributed by atoms with E-state index in [-0.39, 0.29) is 23.3 Å². The van der Waals surface area contributed by atoms with Crippen LogP contribution < -0.4 is 46.0 Å². The Morgan fingerprint density at radius 3 is 2.59 bits per heavy atom. The number of fused-ring (bicyclic) bond motifs is 3. The van der Waals surface area contributed by atoms with E-state index >= 15 is 0 Å². The van der Waals surface area contributed by atoms with E-state index in [0.717, 1.165) is 63.0 Å². The number of pyridine rings is 1. The van der Waals surface area contributed by atoms with Crippen molar-refractivity contribution in [3.63, 3.8) is 0 Å². The molecule has 2 aliphatic carbocycles. The number of para-hydroxylation sites is 1. The van der Waals surface area contributed by atoms with Crippen LogP contribution in [0.2, 0.25) is 0 Å². The normalized spacial score (nSPS) is 28.1. The predicted octanol–water partition coefficient (Wildman–Crippen LogP) is 2.87. The Balaban J connectivity index is 1.09. The molecule has 1 aromatic heterocycles. The van der Waals surface area contributed by atoms with Gasteiger partial charge in [-0.25, -0.2) is 0 Å². The van der Waals surface area contributed by atoms with Crippen molar-refractivity contribution < 1.29 is 63.4 Å². The predicted molar refractivity (Wildman–Crippen MR) is 239 cm³/mol. The zero-order valence-electron chi connectivity index (χ0n) is 36.9. The summed E-state index contributed by atoms with van der Waals surface area (Å²) in [5, 5.41) is 16.0. The molecular formula is C47H64IN6O9S-. The summed E-state index contributed by atoms with van der Waals surface area (Å²) in [5.74, 6) is -0.161. The standard InChI is InChI=1S/C47H64IN6O9S/c1-46(24-25-46)64(60,61)52-44(57)47-39(48-47)21-10-4-2-3-9-20-37(50-45(58)59)43(56)54-31-33(30-38(54)41(55)51-47)63-42-35(18-8-5-7-16-32-22-23-32)40(34-17-11-12-19-36(34)49-42)62-29-15-28-53-26-13-6-14-27-53/h8,10-12,17-19,21,32-33,37-39,50H,2-7,9,13-16,20,22-31H2,1H3,(H,51,55)(H,52,57)(H,58,59)/q-1/b18-8+,21-10-/t33-,37+,38+,39+,47-/m1/s1. The number of amides is 4. The number of hydrogen-bond donors (Lipinski definition) is 4. The van der Waals surface area contributed by atoms with Crippen LogP contribution in [0.3, 0.4) is 0 Å². The molecular weight excluding hydrogens is 952 g/mol. The number of unbranched alkanes of at least 4 members (excludes halogenated alkanes) is 1. The molecule has 5 atom stereocenters. The fourth-order valence-electron chi connectivity index (χ4n) is 9.16. The van der Waals surface area contributed by atoms with E-state index in [4.69, 9.17) is 14.5 Å². The summed E-state index contributed by atoms with van der Waals surface area (Å²) in [7, 11) is -4.00. The maximum atomic E-state index is 14.7. The number of likely N-dealkylation sites (tertiary alicyclic amines) is 1. The number of carbonyl (C=O) groups excluding carboxylic acids is 3. The van der Waals surface area contributed by atoms with Crippen LogP contribution in [0, 0.1) is 5.92 Å². The zero-order chi connectivity index (χ0) is 44.9. The number of nitrogens with zero attached hydrogens (tertiary/aromatic N) is 3. The molecule has 8 rings (SSSR count). The van der Waals surface area contributed by atoms with Gasteiger partial charge in [-0.05, 0) is 44.7 Å². The first-order chi connectivity index (χ1) is 30.9. The molecule has 0 radical (unpaired) electrons. The average Bonchev–Trinajstić information content (AvgIpc) is 4.23. The average molecular weight is 1020 g/mol. The summed E-state index contributed by atoms with van der Waals surface area (Å²) in [4.78, 5) is 64.1. The molecule has 17 heteroatoms. The second-order valence-electron chi connectivity index (χ2n) is 18.7. The molecule has 6 aliphatic rings. The number of rotatable bonds is 16. The Hall–Kier alpha value is -3.97. The van der Waals surface area contributed by atoms with Crippen molar-refractivity contribution in [2.75, 3.05) is 32.8 Å². The number of allylic oxidation sites excluding steroid dienone is 2. The molecule has 0 unspecified atom stereocenters. The summed E-state index contributed by atoms with van der Waals surface area (Å²) in [6.45, 7) is 5.20. The molecule has 3 saturated heterocycles. The fourth-order valence-corrected chi connectivity index (χ4v) is 13.5. The first-order valence-corrected chi connectivity index (χ1v) is 27.3. The van der Waals surface area contributed by atoms with Gasteiger partial charge in [0.25, 0.3) is 0 Å². The number of alkyl halides is 2. The second kappa shape index (κ2) is 20.3. The van der Waals surface area contributed by atoms with Crippen LogP contribution in [-0.2, 0) is 24.4 Å². The zero-order valence-corrected chi connectivity index (χ0v) is 39.9. The first-order valence-electron chi connectivity index (χ1n) is 23.5. The minimum atomic E-state index is -4.00. The summed E-state index contributed by atoms with van der Waals surface area (Å²) in [6.07, 6.45) is 20.1. The van der Waals surface area contributed by atoms with Gasteiger partial charge in [-0.2, -0.15) is 0 Å². The molecule has 0 bridgehead atoms. The monoisotopic (exact) mass is 1020 g/mol. The van der Waals surface area contributed by atoms with Gasteiger partial charge >= 0.3 is 301 Å². The van der Waals surface area contributed by atoms with Gasteiger partial charge in [0.1, 0.15) is 0 Å².